The number of thiophene rings is 1. The van der Waals surface area contributed by atoms with Crippen molar-refractivity contribution in [2.45, 2.75) is 25.7 Å². The number of thiocarbonyl (C=S) groups is 1. The Bertz CT molecular complexity index is 1130. The lowest BCUT2D eigenvalue weighted by atomic mass is 9.95. The number of carbonyl (C=O) groups is 2. The first-order valence-corrected chi connectivity index (χ1v) is 11.8. The Morgan fingerprint density at radius 2 is 1.94 bits per heavy atom. The number of nitrogens with one attached hydrogen (secondary N) is 2. The van der Waals surface area contributed by atoms with E-state index in [1.165, 1.54) is 23.5 Å². The van der Waals surface area contributed by atoms with Gasteiger partial charge < -0.3 is 20.7 Å². The van der Waals surface area contributed by atoms with Gasteiger partial charge in [-0.1, -0.05) is 0 Å². The molecule has 33 heavy (non-hydrogen) atoms. The standard InChI is InChI=1S/C21H23N5O5S2/c22-18(27)17-13-3-1-2-4-16(13)33-20(17)24-21(32)23-19(28)12-5-6-14(15(11-12)26(29)30)25-7-9-31-10-8-25/h5-6,11H,1-4,7-10H2,(H2,22,27)(H2,23,24,28,32). The zero-order chi connectivity index (χ0) is 23.5. The summed E-state index contributed by atoms with van der Waals surface area (Å²) in [5, 5.41) is 17.6. The maximum atomic E-state index is 12.7. The number of aryl methyl sites for hydroxylation is 1. The number of hydrogen-bond donors (Lipinski definition) is 3. The van der Waals surface area contributed by atoms with Crippen molar-refractivity contribution in [2.75, 3.05) is 36.5 Å². The second kappa shape index (κ2) is 9.81. The van der Waals surface area contributed by atoms with Crippen LogP contribution in [0, 0.1) is 10.1 Å². The molecule has 1 aromatic carbocycles. The number of nitro benzene ring substituents is 1. The van der Waals surface area contributed by atoms with Gasteiger partial charge >= 0.3 is 0 Å². The summed E-state index contributed by atoms with van der Waals surface area (Å²) in [6, 6.07) is 4.32. The molecule has 0 saturated carbocycles. The van der Waals surface area contributed by atoms with E-state index < -0.39 is 16.7 Å². The molecule has 1 fully saturated rings. The number of amides is 2. The van der Waals surface area contributed by atoms with Gasteiger partial charge in [-0.2, -0.15) is 0 Å². The Labute approximate surface area is 199 Å². The zero-order valence-electron chi connectivity index (χ0n) is 17.7. The van der Waals surface area contributed by atoms with Crippen molar-refractivity contribution in [1.82, 2.24) is 5.32 Å². The van der Waals surface area contributed by atoms with Gasteiger partial charge in [0.1, 0.15) is 10.7 Å². The number of nitro groups is 1. The van der Waals surface area contributed by atoms with Crippen molar-refractivity contribution < 1.29 is 19.2 Å². The summed E-state index contributed by atoms with van der Waals surface area (Å²) >= 11 is 6.68. The first kappa shape index (κ1) is 23.1. The lowest BCUT2D eigenvalue weighted by Crippen LogP contribution is -2.37. The molecule has 10 nitrogen and oxygen atoms in total. The highest BCUT2D eigenvalue weighted by atomic mass is 32.1. The molecule has 2 aliphatic rings. The summed E-state index contributed by atoms with van der Waals surface area (Å²) in [5.74, 6) is -1.13. The highest BCUT2D eigenvalue weighted by molar-refractivity contribution is 7.80. The Morgan fingerprint density at radius 1 is 1.21 bits per heavy atom. The number of ether oxygens (including phenoxy) is 1. The van der Waals surface area contributed by atoms with Crippen LogP contribution >= 0.6 is 23.6 Å². The molecule has 1 aliphatic carbocycles. The van der Waals surface area contributed by atoms with E-state index in [4.69, 9.17) is 22.7 Å². The van der Waals surface area contributed by atoms with E-state index in [1.54, 1.807) is 6.07 Å². The van der Waals surface area contributed by atoms with E-state index in [1.807, 2.05) is 4.90 Å². The molecule has 2 aromatic rings. The van der Waals surface area contributed by atoms with Crippen LogP contribution in [-0.4, -0.2) is 48.2 Å². The van der Waals surface area contributed by atoms with Crippen LogP contribution < -0.4 is 21.3 Å². The van der Waals surface area contributed by atoms with Crippen LogP contribution in [0.5, 0.6) is 0 Å². The lowest BCUT2D eigenvalue weighted by Gasteiger charge is -2.28. The topological polar surface area (TPSA) is 140 Å². The van der Waals surface area contributed by atoms with Gasteiger partial charge in [-0.05, 0) is 55.6 Å². The second-order valence-corrected chi connectivity index (χ2v) is 9.26. The molecule has 2 amide bonds. The molecule has 1 saturated heterocycles. The van der Waals surface area contributed by atoms with Gasteiger partial charge in [0.05, 0.1) is 23.7 Å². The first-order valence-electron chi connectivity index (χ1n) is 10.5. The predicted molar refractivity (Wildman–Crippen MR) is 129 cm³/mol. The molecule has 0 atom stereocenters. The third-order valence-electron chi connectivity index (χ3n) is 5.66. The molecule has 0 unspecified atom stereocenters. The van der Waals surface area contributed by atoms with Gasteiger partial charge in [0.2, 0.25) is 0 Å². The molecule has 4 rings (SSSR count). The number of nitrogens with two attached hydrogens (primary N) is 1. The predicted octanol–water partition coefficient (Wildman–Crippen LogP) is 2.60. The number of nitrogens with zero attached hydrogens (tertiary/aromatic N) is 2. The largest absolute Gasteiger partial charge is 0.378 e. The number of primary amides is 1. The van der Waals surface area contributed by atoms with E-state index >= 15 is 0 Å². The number of benzene rings is 1. The van der Waals surface area contributed by atoms with Crippen molar-refractivity contribution in [1.29, 1.82) is 0 Å². The summed E-state index contributed by atoms with van der Waals surface area (Å²) in [5.41, 5.74) is 7.34. The van der Waals surface area contributed by atoms with E-state index in [-0.39, 0.29) is 16.4 Å². The highest BCUT2D eigenvalue weighted by Crippen LogP contribution is 2.38. The van der Waals surface area contributed by atoms with Gasteiger partial charge in [0.15, 0.2) is 5.11 Å². The van der Waals surface area contributed by atoms with E-state index in [0.29, 0.717) is 42.6 Å². The summed E-state index contributed by atoms with van der Waals surface area (Å²) in [6.45, 7) is 2.04. The molecule has 2 heterocycles. The van der Waals surface area contributed by atoms with Crippen LogP contribution in [0.2, 0.25) is 0 Å². The fourth-order valence-electron chi connectivity index (χ4n) is 4.11. The maximum absolute atomic E-state index is 12.7. The fraction of sp³-hybridized carbons (Fsp3) is 0.381. The SMILES string of the molecule is NC(=O)c1c(NC(=S)NC(=O)c2ccc(N3CCOCC3)c([N+](=O)[O-])c2)sc2c1CCCC2. The van der Waals surface area contributed by atoms with Crippen molar-refractivity contribution in [3.05, 3.63) is 49.9 Å². The minimum Gasteiger partial charge on any atom is -0.378 e. The molecule has 4 N–H and O–H groups in total. The van der Waals surface area contributed by atoms with Crippen molar-refractivity contribution in [3.63, 3.8) is 0 Å². The number of anilines is 2. The van der Waals surface area contributed by atoms with Gasteiger partial charge in [-0.15, -0.1) is 11.3 Å². The maximum Gasteiger partial charge on any atom is 0.293 e. The lowest BCUT2D eigenvalue weighted by molar-refractivity contribution is -0.384. The van der Waals surface area contributed by atoms with E-state index in [9.17, 15) is 19.7 Å². The molecular weight excluding hydrogens is 466 g/mol. The van der Waals surface area contributed by atoms with Crippen LogP contribution in [0.25, 0.3) is 0 Å². The Kier molecular flexibility index (Phi) is 6.86. The molecule has 0 bridgehead atoms. The number of hydrogen-bond acceptors (Lipinski definition) is 8. The minimum absolute atomic E-state index is 0.0130. The second-order valence-electron chi connectivity index (χ2n) is 7.75. The Hall–Kier alpha value is -3.09. The average Bonchev–Trinajstić information content (AvgIpc) is 3.17. The fourth-order valence-corrected chi connectivity index (χ4v) is 5.67. The minimum atomic E-state index is -0.592. The Morgan fingerprint density at radius 3 is 2.64 bits per heavy atom. The van der Waals surface area contributed by atoms with Crippen LogP contribution in [0.15, 0.2) is 18.2 Å². The number of morpholine rings is 1. The van der Waals surface area contributed by atoms with Crippen molar-refractivity contribution in [2.24, 2.45) is 5.73 Å². The smallest absolute Gasteiger partial charge is 0.293 e. The summed E-state index contributed by atoms with van der Waals surface area (Å²) in [7, 11) is 0. The van der Waals surface area contributed by atoms with Gasteiger partial charge in [0, 0.05) is 29.6 Å². The average molecular weight is 490 g/mol. The normalized spacial score (nSPS) is 15.5. The highest BCUT2D eigenvalue weighted by Gasteiger charge is 2.26. The van der Waals surface area contributed by atoms with E-state index in [2.05, 4.69) is 10.6 Å². The van der Waals surface area contributed by atoms with Crippen LogP contribution in [0.4, 0.5) is 16.4 Å². The van der Waals surface area contributed by atoms with Crippen molar-refractivity contribution in [3.8, 4) is 0 Å². The van der Waals surface area contributed by atoms with Crippen LogP contribution in [0.1, 0.15) is 44.0 Å². The molecule has 1 aromatic heterocycles. The molecule has 0 spiro atoms. The third-order valence-corrected chi connectivity index (χ3v) is 7.07. The van der Waals surface area contributed by atoms with Gasteiger partial charge in [-0.25, -0.2) is 0 Å². The molecule has 12 heteroatoms. The quantitative estimate of drug-likeness (QED) is 0.331. The summed E-state index contributed by atoms with van der Waals surface area (Å²) in [6.07, 6.45) is 3.69. The number of rotatable bonds is 5. The van der Waals surface area contributed by atoms with Crippen LogP contribution in [0.3, 0.4) is 0 Å². The molecular formula is C21H23N5O5S2. The zero-order valence-corrected chi connectivity index (χ0v) is 19.4. The monoisotopic (exact) mass is 489 g/mol. The summed E-state index contributed by atoms with van der Waals surface area (Å²) in [4.78, 5) is 38.9. The van der Waals surface area contributed by atoms with Crippen LogP contribution in [-0.2, 0) is 17.6 Å². The number of carbonyl (C=O) groups excluding carboxylic acids is 2. The Balaban J connectivity index is 1.50. The molecule has 0 radical (unpaired) electrons. The van der Waals surface area contributed by atoms with E-state index in [0.717, 1.165) is 36.1 Å². The molecule has 1 aliphatic heterocycles. The van der Waals surface area contributed by atoms with Gasteiger partial charge in [0.25, 0.3) is 17.5 Å². The van der Waals surface area contributed by atoms with Gasteiger partial charge in [-0.3, -0.25) is 25.0 Å². The number of fused-ring (bicyclic) bond motifs is 1. The third kappa shape index (κ3) is 4.97. The first-order chi connectivity index (χ1) is 15.8. The summed E-state index contributed by atoms with van der Waals surface area (Å²) < 4.78 is 5.30. The van der Waals surface area contributed by atoms with Crippen molar-refractivity contribution >= 4 is 56.9 Å². The molecule has 174 valence electrons.